The van der Waals surface area contributed by atoms with Crippen LogP contribution in [0.3, 0.4) is 0 Å². The number of hydrogen-bond acceptors (Lipinski definition) is 3. The monoisotopic (exact) mass is 327 g/mol. The first-order valence-corrected chi connectivity index (χ1v) is 7.89. The Hall–Kier alpha value is -2.76. The van der Waals surface area contributed by atoms with E-state index in [-0.39, 0.29) is 17.6 Å². The zero-order valence-electron chi connectivity index (χ0n) is 13.2. The number of pyridine rings is 1. The highest BCUT2D eigenvalue weighted by Gasteiger charge is 2.23. The Bertz CT molecular complexity index is 719. The van der Waals surface area contributed by atoms with Gasteiger partial charge in [-0.3, -0.25) is 14.6 Å². The maximum Gasteiger partial charge on any atom is 0.255 e. The summed E-state index contributed by atoms with van der Waals surface area (Å²) in [6.45, 7) is 2.11. The van der Waals surface area contributed by atoms with Gasteiger partial charge in [-0.05, 0) is 42.8 Å². The first kappa shape index (κ1) is 16.1. The van der Waals surface area contributed by atoms with Crippen molar-refractivity contribution >= 4 is 11.8 Å². The van der Waals surface area contributed by atoms with Crippen molar-refractivity contribution in [2.24, 2.45) is 0 Å². The molecule has 24 heavy (non-hydrogen) atoms. The molecule has 1 aliphatic heterocycles. The minimum absolute atomic E-state index is 0.0702. The normalized spacial score (nSPS) is 15.0. The summed E-state index contributed by atoms with van der Waals surface area (Å²) in [5, 5.41) is 0. The average molecular weight is 327 g/mol. The Labute approximate surface area is 139 Å². The van der Waals surface area contributed by atoms with E-state index in [1.807, 2.05) is 0 Å². The van der Waals surface area contributed by atoms with E-state index in [0.29, 0.717) is 43.7 Å². The first-order valence-electron chi connectivity index (χ1n) is 7.89. The van der Waals surface area contributed by atoms with Crippen molar-refractivity contribution in [1.29, 1.82) is 0 Å². The third kappa shape index (κ3) is 3.59. The standard InChI is InChI=1S/C18H18FN3O2/c19-16-6-4-14(5-7-16)17(23)21-9-2-10-22(12-11-21)18(24)15-3-1-8-20-13-15/h1,3-8,13H,2,9-12H2. The highest BCUT2D eigenvalue weighted by atomic mass is 19.1. The van der Waals surface area contributed by atoms with Crippen LogP contribution in [0.1, 0.15) is 27.1 Å². The van der Waals surface area contributed by atoms with Gasteiger partial charge in [0.05, 0.1) is 5.56 Å². The fraction of sp³-hybridized carbons (Fsp3) is 0.278. The van der Waals surface area contributed by atoms with Crippen LogP contribution in [-0.4, -0.2) is 52.8 Å². The molecule has 0 atom stereocenters. The number of rotatable bonds is 2. The highest BCUT2D eigenvalue weighted by molar-refractivity contribution is 5.95. The van der Waals surface area contributed by atoms with Crippen molar-refractivity contribution in [3.63, 3.8) is 0 Å². The van der Waals surface area contributed by atoms with Crippen LogP contribution >= 0.6 is 0 Å². The summed E-state index contributed by atoms with van der Waals surface area (Å²) in [6, 6.07) is 9.01. The van der Waals surface area contributed by atoms with E-state index >= 15 is 0 Å². The summed E-state index contributed by atoms with van der Waals surface area (Å²) in [4.78, 5) is 32.4. The Kier molecular flexibility index (Phi) is 4.84. The molecule has 0 radical (unpaired) electrons. The first-order chi connectivity index (χ1) is 11.6. The van der Waals surface area contributed by atoms with Gasteiger partial charge >= 0.3 is 0 Å². The van der Waals surface area contributed by atoms with Gasteiger partial charge in [0, 0.05) is 44.1 Å². The van der Waals surface area contributed by atoms with E-state index in [1.54, 1.807) is 34.3 Å². The van der Waals surface area contributed by atoms with Crippen LogP contribution in [0.2, 0.25) is 0 Å². The van der Waals surface area contributed by atoms with Crippen LogP contribution in [0.25, 0.3) is 0 Å². The molecule has 2 aromatic rings. The molecule has 0 saturated carbocycles. The topological polar surface area (TPSA) is 53.5 Å². The van der Waals surface area contributed by atoms with Crippen molar-refractivity contribution in [2.75, 3.05) is 26.2 Å². The van der Waals surface area contributed by atoms with Crippen LogP contribution < -0.4 is 0 Å². The van der Waals surface area contributed by atoms with Gasteiger partial charge in [0.25, 0.3) is 11.8 Å². The van der Waals surface area contributed by atoms with Gasteiger partial charge in [-0.2, -0.15) is 0 Å². The highest BCUT2D eigenvalue weighted by Crippen LogP contribution is 2.12. The number of benzene rings is 1. The van der Waals surface area contributed by atoms with Crippen molar-refractivity contribution in [2.45, 2.75) is 6.42 Å². The number of halogens is 1. The molecular weight excluding hydrogens is 309 g/mol. The van der Waals surface area contributed by atoms with E-state index in [2.05, 4.69) is 4.98 Å². The molecule has 1 fully saturated rings. The molecule has 1 aliphatic rings. The molecule has 2 heterocycles. The molecule has 2 amide bonds. The minimum atomic E-state index is -0.365. The minimum Gasteiger partial charge on any atom is -0.337 e. The summed E-state index contributed by atoms with van der Waals surface area (Å²) in [6.07, 6.45) is 3.88. The Morgan fingerprint density at radius 2 is 1.50 bits per heavy atom. The predicted molar refractivity (Wildman–Crippen MR) is 87.1 cm³/mol. The van der Waals surface area contributed by atoms with E-state index in [1.165, 1.54) is 24.3 Å². The molecule has 0 aliphatic carbocycles. The van der Waals surface area contributed by atoms with Gasteiger partial charge in [-0.25, -0.2) is 4.39 Å². The third-order valence-corrected chi connectivity index (χ3v) is 4.07. The number of carbonyl (C=O) groups is 2. The number of carbonyl (C=O) groups excluding carboxylic acids is 2. The molecule has 5 nitrogen and oxygen atoms in total. The quantitative estimate of drug-likeness (QED) is 0.850. The summed E-state index contributed by atoms with van der Waals surface area (Å²) in [5.74, 6) is -0.569. The second-order valence-corrected chi connectivity index (χ2v) is 5.69. The lowest BCUT2D eigenvalue weighted by Gasteiger charge is -2.22. The summed E-state index contributed by atoms with van der Waals surface area (Å²) in [7, 11) is 0. The average Bonchev–Trinajstić information content (AvgIpc) is 2.88. The zero-order valence-corrected chi connectivity index (χ0v) is 13.2. The fourth-order valence-corrected chi connectivity index (χ4v) is 2.77. The largest absolute Gasteiger partial charge is 0.337 e. The number of nitrogens with zero attached hydrogens (tertiary/aromatic N) is 3. The van der Waals surface area contributed by atoms with Gasteiger partial charge in [0.15, 0.2) is 0 Å². The van der Waals surface area contributed by atoms with Crippen molar-refractivity contribution in [3.05, 3.63) is 65.7 Å². The van der Waals surface area contributed by atoms with Crippen LogP contribution in [-0.2, 0) is 0 Å². The Balaban J connectivity index is 1.65. The van der Waals surface area contributed by atoms with Gasteiger partial charge in [0.1, 0.15) is 5.82 Å². The number of amides is 2. The lowest BCUT2D eigenvalue weighted by molar-refractivity contribution is 0.0718. The molecular formula is C18H18FN3O2. The molecule has 0 spiro atoms. The zero-order chi connectivity index (χ0) is 16.9. The molecule has 124 valence electrons. The third-order valence-electron chi connectivity index (χ3n) is 4.07. The molecule has 1 saturated heterocycles. The molecule has 0 unspecified atom stereocenters. The molecule has 6 heteroatoms. The SMILES string of the molecule is O=C(c1ccc(F)cc1)N1CCCN(C(=O)c2cccnc2)CC1. The van der Waals surface area contributed by atoms with Gasteiger partial charge in [0.2, 0.25) is 0 Å². The van der Waals surface area contributed by atoms with Gasteiger partial charge in [-0.1, -0.05) is 0 Å². The van der Waals surface area contributed by atoms with Crippen LogP contribution in [0, 0.1) is 5.82 Å². The summed E-state index contributed by atoms with van der Waals surface area (Å²) in [5.41, 5.74) is 1.01. The second-order valence-electron chi connectivity index (χ2n) is 5.69. The van der Waals surface area contributed by atoms with Gasteiger partial charge in [-0.15, -0.1) is 0 Å². The number of aromatic nitrogens is 1. The van der Waals surface area contributed by atoms with Crippen molar-refractivity contribution in [1.82, 2.24) is 14.8 Å². The Morgan fingerprint density at radius 1 is 0.875 bits per heavy atom. The fourth-order valence-electron chi connectivity index (χ4n) is 2.77. The molecule has 0 N–H and O–H groups in total. The lowest BCUT2D eigenvalue weighted by Crippen LogP contribution is -2.37. The van der Waals surface area contributed by atoms with Crippen LogP contribution in [0.5, 0.6) is 0 Å². The van der Waals surface area contributed by atoms with Crippen molar-refractivity contribution < 1.29 is 14.0 Å². The molecule has 0 bridgehead atoms. The maximum atomic E-state index is 13.0. The van der Waals surface area contributed by atoms with Crippen LogP contribution in [0.4, 0.5) is 4.39 Å². The van der Waals surface area contributed by atoms with E-state index in [0.717, 1.165) is 0 Å². The summed E-state index contributed by atoms with van der Waals surface area (Å²) < 4.78 is 13.0. The van der Waals surface area contributed by atoms with E-state index in [4.69, 9.17) is 0 Å². The Morgan fingerprint density at radius 3 is 2.08 bits per heavy atom. The van der Waals surface area contributed by atoms with E-state index in [9.17, 15) is 14.0 Å². The lowest BCUT2D eigenvalue weighted by atomic mass is 10.2. The molecule has 1 aromatic carbocycles. The smallest absolute Gasteiger partial charge is 0.255 e. The van der Waals surface area contributed by atoms with Crippen LogP contribution in [0.15, 0.2) is 48.8 Å². The predicted octanol–water partition coefficient (Wildman–Crippen LogP) is 2.21. The molecule has 3 rings (SSSR count). The maximum absolute atomic E-state index is 13.0. The number of hydrogen-bond donors (Lipinski definition) is 0. The van der Waals surface area contributed by atoms with Crippen molar-refractivity contribution in [3.8, 4) is 0 Å². The molecule has 1 aromatic heterocycles. The summed E-state index contributed by atoms with van der Waals surface area (Å²) >= 11 is 0. The van der Waals surface area contributed by atoms with Gasteiger partial charge < -0.3 is 9.80 Å². The second kappa shape index (κ2) is 7.21. The van der Waals surface area contributed by atoms with E-state index < -0.39 is 0 Å².